The fourth-order valence-electron chi connectivity index (χ4n) is 2.53. The fourth-order valence-corrected chi connectivity index (χ4v) is 3.08. The van der Waals surface area contributed by atoms with Crippen molar-refractivity contribution in [3.63, 3.8) is 0 Å². The van der Waals surface area contributed by atoms with Crippen molar-refractivity contribution in [2.75, 3.05) is 20.6 Å². The molecule has 0 atom stereocenters. The van der Waals surface area contributed by atoms with Crippen LogP contribution in [0.15, 0.2) is 47.3 Å². The summed E-state index contributed by atoms with van der Waals surface area (Å²) in [7, 11) is 4.24. The Morgan fingerprint density at radius 3 is 2.60 bits per heavy atom. The summed E-state index contributed by atoms with van der Waals surface area (Å²) >= 11 is 1.65. The summed E-state index contributed by atoms with van der Waals surface area (Å²) in [6.07, 6.45) is 1.06. The van der Waals surface area contributed by atoms with Crippen molar-refractivity contribution in [2.45, 2.75) is 6.42 Å². The molecule has 3 aromatic rings. The number of rotatable bonds is 4. The molecule has 0 saturated heterocycles. The zero-order valence-corrected chi connectivity index (χ0v) is 12.7. The first kappa shape index (κ1) is 13.3. The van der Waals surface area contributed by atoms with Crippen LogP contribution in [0.5, 0.6) is 0 Å². The third-order valence-electron chi connectivity index (χ3n) is 3.53. The van der Waals surface area contributed by atoms with Gasteiger partial charge < -0.3 is 4.90 Å². The monoisotopic (exact) mass is 282 g/mol. The zero-order chi connectivity index (χ0) is 13.9. The number of aromatic nitrogens is 1. The molecule has 0 unspecified atom stereocenters. The van der Waals surface area contributed by atoms with Crippen molar-refractivity contribution in [1.29, 1.82) is 0 Å². The van der Waals surface area contributed by atoms with E-state index in [2.05, 4.69) is 65.8 Å². The second-order valence-electron chi connectivity index (χ2n) is 5.25. The quantitative estimate of drug-likeness (QED) is 0.717. The van der Waals surface area contributed by atoms with Crippen molar-refractivity contribution in [2.24, 2.45) is 0 Å². The molecule has 0 bridgehead atoms. The number of likely N-dealkylation sites (N-methyl/N-ethyl adjacent to an activating group) is 1. The minimum atomic E-state index is 1.06. The molecule has 102 valence electrons. The molecule has 0 N–H and O–H groups in total. The molecule has 0 fully saturated rings. The molecule has 1 heterocycles. The number of fused-ring (bicyclic) bond motifs is 1. The molecule has 20 heavy (non-hydrogen) atoms. The van der Waals surface area contributed by atoms with Crippen molar-refractivity contribution in [1.82, 2.24) is 9.88 Å². The smallest absolute Gasteiger partial charge is 0.0817 e. The van der Waals surface area contributed by atoms with Gasteiger partial charge in [-0.2, -0.15) is 0 Å². The van der Waals surface area contributed by atoms with E-state index in [1.807, 2.05) is 5.51 Å². The third kappa shape index (κ3) is 2.60. The Labute approximate surface area is 123 Å². The van der Waals surface area contributed by atoms with E-state index in [9.17, 15) is 0 Å². The third-order valence-corrected chi connectivity index (χ3v) is 4.11. The van der Waals surface area contributed by atoms with E-state index < -0.39 is 0 Å². The highest BCUT2D eigenvalue weighted by Crippen LogP contribution is 2.31. The molecule has 0 amide bonds. The van der Waals surface area contributed by atoms with Gasteiger partial charge in [-0.15, -0.1) is 11.3 Å². The topological polar surface area (TPSA) is 16.1 Å². The van der Waals surface area contributed by atoms with Gasteiger partial charge in [-0.05, 0) is 36.9 Å². The minimum Gasteiger partial charge on any atom is -0.309 e. The van der Waals surface area contributed by atoms with Crippen LogP contribution in [-0.4, -0.2) is 30.5 Å². The lowest BCUT2D eigenvalue weighted by Crippen LogP contribution is -2.15. The van der Waals surface area contributed by atoms with Gasteiger partial charge in [0.2, 0.25) is 0 Å². The molecule has 0 radical (unpaired) electrons. The molecule has 3 heteroatoms. The molecule has 2 aromatic carbocycles. The molecule has 0 saturated carbocycles. The van der Waals surface area contributed by atoms with E-state index >= 15 is 0 Å². The Morgan fingerprint density at radius 1 is 1.10 bits per heavy atom. The summed E-state index contributed by atoms with van der Waals surface area (Å²) < 4.78 is 0. The van der Waals surface area contributed by atoms with Gasteiger partial charge in [0.1, 0.15) is 0 Å². The largest absolute Gasteiger partial charge is 0.309 e. The van der Waals surface area contributed by atoms with Gasteiger partial charge in [-0.3, -0.25) is 0 Å². The first-order valence-electron chi connectivity index (χ1n) is 6.79. The van der Waals surface area contributed by atoms with Gasteiger partial charge in [0, 0.05) is 17.5 Å². The van der Waals surface area contributed by atoms with Crippen LogP contribution in [0, 0.1) is 0 Å². The molecular weight excluding hydrogens is 264 g/mol. The Bertz CT molecular complexity index is 697. The minimum absolute atomic E-state index is 1.06. The molecule has 3 rings (SSSR count). The lowest BCUT2D eigenvalue weighted by molar-refractivity contribution is 0.414. The summed E-state index contributed by atoms with van der Waals surface area (Å²) in [4.78, 5) is 6.71. The maximum Gasteiger partial charge on any atom is 0.0817 e. The lowest BCUT2D eigenvalue weighted by atomic mass is 9.96. The van der Waals surface area contributed by atoms with Gasteiger partial charge in [-0.1, -0.05) is 36.4 Å². The van der Waals surface area contributed by atoms with Crippen LogP contribution in [-0.2, 0) is 6.42 Å². The summed E-state index contributed by atoms with van der Waals surface area (Å²) in [6, 6.07) is 13.1. The van der Waals surface area contributed by atoms with Gasteiger partial charge >= 0.3 is 0 Å². The maximum absolute atomic E-state index is 4.48. The first-order valence-corrected chi connectivity index (χ1v) is 7.74. The van der Waals surface area contributed by atoms with Gasteiger partial charge in [0.05, 0.1) is 11.2 Å². The van der Waals surface area contributed by atoms with Gasteiger partial charge in [0.25, 0.3) is 0 Å². The van der Waals surface area contributed by atoms with Crippen LogP contribution in [0.1, 0.15) is 5.56 Å². The van der Waals surface area contributed by atoms with Crippen molar-refractivity contribution >= 4 is 22.1 Å². The van der Waals surface area contributed by atoms with E-state index in [0.717, 1.165) is 18.7 Å². The number of hydrogen-bond acceptors (Lipinski definition) is 3. The second-order valence-corrected chi connectivity index (χ2v) is 5.97. The summed E-state index contributed by atoms with van der Waals surface area (Å²) in [5.41, 5.74) is 5.63. The van der Waals surface area contributed by atoms with Crippen LogP contribution < -0.4 is 0 Å². The Balaban J connectivity index is 2.15. The molecule has 0 aliphatic carbocycles. The average molecular weight is 282 g/mol. The highest BCUT2D eigenvalue weighted by molar-refractivity contribution is 7.07. The average Bonchev–Trinajstić information content (AvgIpc) is 2.98. The Kier molecular flexibility index (Phi) is 3.81. The first-order chi connectivity index (χ1) is 9.75. The maximum atomic E-state index is 4.48. The number of benzene rings is 2. The molecule has 0 aliphatic heterocycles. The predicted octanol–water partition coefficient (Wildman–Crippen LogP) is 4.07. The van der Waals surface area contributed by atoms with Crippen LogP contribution in [0.4, 0.5) is 0 Å². The standard InChI is InChI=1S/C17H18N2S/c1-19(2)10-9-14-6-3-5-13-7-4-8-15(17(13)14)16-11-20-12-18-16/h3-8,11-12H,9-10H2,1-2H3. The van der Waals surface area contributed by atoms with Crippen LogP contribution in [0.3, 0.4) is 0 Å². The van der Waals surface area contributed by atoms with Crippen LogP contribution in [0.25, 0.3) is 22.0 Å². The number of nitrogens with zero attached hydrogens (tertiary/aromatic N) is 2. The van der Waals surface area contributed by atoms with Gasteiger partial charge in [-0.25, -0.2) is 4.98 Å². The van der Waals surface area contributed by atoms with Gasteiger partial charge in [0.15, 0.2) is 0 Å². The molecule has 1 aromatic heterocycles. The molecular formula is C17H18N2S. The fraction of sp³-hybridized carbons (Fsp3) is 0.235. The van der Waals surface area contributed by atoms with Crippen molar-refractivity contribution in [3.8, 4) is 11.3 Å². The Morgan fingerprint density at radius 2 is 1.90 bits per heavy atom. The normalized spacial score (nSPS) is 11.3. The summed E-state index contributed by atoms with van der Waals surface area (Å²) in [5, 5.41) is 4.77. The van der Waals surface area contributed by atoms with E-state index in [1.54, 1.807) is 11.3 Å². The molecule has 0 spiro atoms. The Hall–Kier alpha value is -1.71. The molecule has 0 aliphatic rings. The number of hydrogen-bond donors (Lipinski definition) is 0. The SMILES string of the molecule is CN(C)CCc1cccc2cccc(-c3cscn3)c12. The predicted molar refractivity (Wildman–Crippen MR) is 87.3 cm³/mol. The summed E-state index contributed by atoms with van der Waals surface area (Å²) in [6.45, 7) is 1.06. The zero-order valence-electron chi connectivity index (χ0n) is 11.8. The summed E-state index contributed by atoms with van der Waals surface area (Å²) in [5.74, 6) is 0. The highest BCUT2D eigenvalue weighted by atomic mass is 32.1. The van der Waals surface area contributed by atoms with Crippen LogP contribution >= 0.6 is 11.3 Å². The van der Waals surface area contributed by atoms with E-state index in [0.29, 0.717) is 0 Å². The second kappa shape index (κ2) is 5.73. The highest BCUT2D eigenvalue weighted by Gasteiger charge is 2.09. The van der Waals surface area contributed by atoms with E-state index in [1.165, 1.54) is 21.9 Å². The van der Waals surface area contributed by atoms with E-state index in [-0.39, 0.29) is 0 Å². The van der Waals surface area contributed by atoms with Crippen LogP contribution in [0.2, 0.25) is 0 Å². The molecule has 2 nitrogen and oxygen atoms in total. The van der Waals surface area contributed by atoms with Crippen molar-refractivity contribution < 1.29 is 0 Å². The number of thiazole rings is 1. The van der Waals surface area contributed by atoms with E-state index in [4.69, 9.17) is 0 Å². The van der Waals surface area contributed by atoms with Crippen molar-refractivity contribution in [3.05, 3.63) is 52.9 Å². The lowest BCUT2D eigenvalue weighted by Gasteiger charge is -2.13.